The molecule has 0 saturated carbocycles. The Hall–Kier alpha value is -0.990. The summed E-state index contributed by atoms with van der Waals surface area (Å²) in [7, 11) is 0. The number of nitrogens with zero attached hydrogens (tertiary/aromatic N) is 2. The molecule has 1 heterocycles. The molecule has 0 amide bonds. The molecule has 4 heteroatoms. The summed E-state index contributed by atoms with van der Waals surface area (Å²) in [5, 5.41) is 4.78. The first-order valence-electron chi connectivity index (χ1n) is 4.15. The standard InChI is InChI=1S/C10H8Cl2N2/c11-7-8-2-3-9(6-10(8)12)14-5-1-4-13-14/h1-6H,7H2. The van der Waals surface area contributed by atoms with Gasteiger partial charge in [0.1, 0.15) is 0 Å². The molecular formula is C10H8Cl2N2. The molecule has 0 aliphatic carbocycles. The van der Waals surface area contributed by atoms with E-state index in [-0.39, 0.29) is 0 Å². The Morgan fingerprint density at radius 1 is 1.36 bits per heavy atom. The SMILES string of the molecule is ClCc1ccc(-n2cccn2)cc1Cl. The number of aromatic nitrogens is 2. The molecule has 0 aliphatic rings. The van der Waals surface area contributed by atoms with Crippen LogP contribution in [0.5, 0.6) is 0 Å². The zero-order valence-electron chi connectivity index (χ0n) is 7.32. The molecule has 14 heavy (non-hydrogen) atoms. The molecule has 2 aromatic rings. The topological polar surface area (TPSA) is 17.8 Å². The fraction of sp³-hybridized carbons (Fsp3) is 0.100. The van der Waals surface area contributed by atoms with Crippen LogP contribution in [0.25, 0.3) is 5.69 Å². The van der Waals surface area contributed by atoms with Crippen molar-refractivity contribution in [3.05, 3.63) is 47.2 Å². The van der Waals surface area contributed by atoms with Crippen molar-refractivity contribution in [3.8, 4) is 5.69 Å². The smallest absolute Gasteiger partial charge is 0.0660 e. The van der Waals surface area contributed by atoms with Gasteiger partial charge in [-0.05, 0) is 23.8 Å². The van der Waals surface area contributed by atoms with Gasteiger partial charge in [0, 0.05) is 23.3 Å². The normalized spacial score (nSPS) is 10.4. The van der Waals surface area contributed by atoms with Gasteiger partial charge in [-0.1, -0.05) is 17.7 Å². The van der Waals surface area contributed by atoms with Crippen LogP contribution < -0.4 is 0 Å². The summed E-state index contributed by atoms with van der Waals surface area (Å²) in [4.78, 5) is 0. The highest BCUT2D eigenvalue weighted by Gasteiger charge is 2.01. The van der Waals surface area contributed by atoms with Gasteiger partial charge in [-0.2, -0.15) is 5.10 Å². The molecule has 1 aromatic heterocycles. The average molecular weight is 227 g/mol. The van der Waals surface area contributed by atoms with Crippen LogP contribution in [0.3, 0.4) is 0 Å². The highest BCUT2D eigenvalue weighted by molar-refractivity contribution is 6.32. The van der Waals surface area contributed by atoms with E-state index in [1.165, 1.54) is 0 Å². The van der Waals surface area contributed by atoms with Crippen molar-refractivity contribution < 1.29 is 0 Å². The summed E-state index contributed by atoms with van der Waals surface area (Å²) in [6, 6.07) is 7.57. The third-order valence-electron chi connectivity index (χ3n) is 1.95. The van der Waals surface area contributed by atoms with Gasteiger partial charge in [0.25, 0.3) is 0 Å². The van der Waals surface area contributed by atoms with Crippen LogP contribution >= 0.6 is 23.2 Å². The summed E-state index contributed by atoms with van der Waals surface area (Å²) < 4.78 is 1.75. The predicted octanol–water partition coefficient (Wildman–Crippen LogP) is 3.26. The van der Waals surface area contributed by atoms with E-state index in [0.29, 0.717) is 10.9 Å². The maximum atomic E-state index is 6.02. The first-order chi connectivity index (χ1) is 6.81. The lowest BCUT2D eigenvalue weighted by molar-refractivity contribution is 0.880. The van der Waals surface area contributed by atoms with E-state index in [2.05, 4.69) is 5.10 Å². The zero-order chi connectivity index (χ0) is 9.97. The van der Waals surface area contributed by atoms with Crippen molar-refractivity contribution in [2.24, 2.45) is 0 Å². The molecule has 1 aromatic carbocycles. The van der Waals surface area contributed by atoms with E-state index in [9.17, 15) is 0 Å². The van der Waals surface area contributed by atoms with Crippen LogP contribution in [-0.4, -0.2) is 9.78 Å². The number of hydrogen-bond acceptors (Lipinski definition) is 1. The molecule has 0 aliphatic heterocycles. The molecule has 0 unspecified atom stereocenters. The number of rotatable bonds is 2. The minimum absolute atomic E-state index is 0.429. The van der Waals surface area contributed by atoms with Gasteiger partial charge in [0.2, 0.25) is 0 Å². The minimum atomic E-state index is 0.429. The number of alkyl halides is 1. The first kappa shape index (κ1) is 9.56. The van der Waals surface area contributed by atoms with Gasteiger partial charge in [0.05, 0.1) is 5.69 Å². The second-order valence-corrected chi connectivity index (χ2v) is 3.53. The second-order valence-electron chi connectivity index (χ2n) is 2.86. The molecule has 2 nitrogen and oxygen atoms in total. The van der Waals surface area contributed by atoms with Crippen molar-refractivity contribution >= 4 is 23.2 Å². The minimum Gasteiger partial charge on any atom is -0.241 e. The first-order valence-corrected chi connectivity index (χ1v) is 5.07. The summed E-state index contributed by atoms with van der Waals surface area (Å²) in [6.07, 6.45) is 3.59. The number of halogens is 2. The molecule has 72 valence electrons. The monoisotopic (exact) mass is 226 g/mol. The fourth-order valence-corrected chi connectivity index (χ4v) is 1.75. The highest BCUT2D eigenvalue weighted by atomic mass is 35.5. The average Bonchev–Trinajstić information content (AvgIpc) is 2.70. The molecular weight excluding hydrogens is 219 g/mol. The van der Waals surface area contributed by atoms with Crippen LogP contribution in [0.2, 0.25) is 5.02 Å². The molecule has 0 radical (unpaired) electrons. The Balaban J connectivity index is 2.43. The summed E-state index contributed by atoms with van der Waals surface area (Å²) in [6.45, 7) is 0. The molecule has 0 N–H and O–H groups in total. The quantitative estimate of drug-likeness (QED) is 0.720. The Kier molecular flexibility index (Phi) is 2.75. The Morgan fingerprint density at radius 3 is 2.79 bits per heavy atom. The van der Waals surface area contributed by atoms with Gasteiger partial charge < -0.3 is 0 Å². The van der Waals surface area contributed by atoms with Gasteiger partial charge in [-0.3, -0.25) is 0 Å². The van der Waals surface area contributed by atoms with Crippen molar-refractivity contribution in [1.82, 2.24) is 9.78 Å². The van der Waals surface area contributed by atoms with Gasteiger partial charge in [-0.15, -0.1) is 11.6 Å². The van der Waals surface area contributed by atoms with Crippen LogP contribution in [0.15, 0.2) is 36.7 Å². The van der Waals surface area contributed by atoms with E-state index >= 15 is 0 Å². The van der Waals surface area contributed by atoms with E-state index in [1.807, 2.05) is 30.5 Å². The lowest BCUT2D eigenvalue weighted by atomic mass is 10.2. The molecule has 0 bridgehead atoms. The van der Waals surface area contributed by atoms with E-state index in [0.717, 1.165) is 11.3 Å². The van der Waals surface area contributed by atoms with E-state index in [1.54, 1.807) is 10.9 Å². The van der Waals surface area contributed by atoms with E-state index in [4.69, 9.17) is 23.2 Å². The fourth-order valence-electron chi connectivity index (χ4n) is 1.21. The molecule has 0 fully saturated rings. The van der Waals surface area contributed by atoms with Crippen molar-refractivity contribution in [2.45, 2.75) is 5.88 Å². The maximum Gasteiger partial charge on any atom is 0.0660 e. The van der Waals surface area contributed by atoms with Crippen LogP contribution in [0.1, 0.15) is 5.56 Å². The number of benzene rings is 1. The Bertz CT molecular complexity index is 424. The van der Waals surface area contributed by atoms with Gasteiger partial charge in [-0.25, -0.2) is 4.68 Å². The lowest BCUT2D eigenvalue weighted by Crippen LogP contribution is -1.94. The number of hydrogen-bond donors (Lipinski definition) is 0. The molecule has 0 atom stereocenters. The third kappa shape index (κ3) is 1.76. The van der Waals surface area contributed by atoms with Crippen LogP contribution in [0, 0.1) is 0 Å². The zero-order valence-corrected chi connectivity index (χ0v) is 8.83. The lowest BCUT2D eigenvalue weighted by Gasteiger charge is -2.04. The summed E-state index contributed by atoms with van der Waals surface area (Å²) in [5.41, 5.74) is 1.87. The Morgan fingerprint density at radius 2 is 2.21 bits per heavy atom. The second kappa shape index (κ2) is 4.03. The molecule has 2 rings (SSSR count). The third-order valence-corrected chi connectivity index (χ3v) is 2.59. The summed E-state index contributed by atoms with van der Waals surface area (Å²) in [5.74, 6) is 0.429. The van der Waals surface area contributed by atoms with Crippen molar-refractivity contribution in [3.63, 3.8) is 0 Å². The van der Waals surface area contributed by atoms with Crippen LogP contribution in [0.4, 0.5) is 0 Å². The molecule has 0 spiro atoms. The predicted molar refractivity (Wildman–Crippen MR) is 58.1 cm³/mol. The van der Waals surface area contributed by atoms with E-state index < -0.39 is 0 Å². The van der Waals surface area contributed by atoms with Crippen molar-refractivity contribution in [2.75, 3.05) is 0 Å². The van der Waals surface area contributed by atoms with Gasteiger partial charge in [0.15, 0.2) is 0 Å². The molecule has 0 saturated heterocycles. The highest BCUT2D eigenvalue weighted by Crippen LogP contribution is 2.21. The van der Waals surface area contributed by atoms with Crippen molar-refractivity contribution in [1.29, 1.82) is 0 Å². The van der Waals surface area contributed by atoms with Crippen LogP contribution in [-0.2, 0) is 5.88 Å². The van der Waals surface area contributed by atoms with Gasteiger partial charge >= 0.3 is 0 Å². The largest absolute Gasteiger partial charge is 0.241 e. The Labute approximate surface area is 92.1 Å². The maximum absolute atomic E-state index is 6.02. The summed E-state index contributed by atoms with van der Waals surface area (Å²) >= 11 is 11.7.